The van der Waals surface area contributed by atoms with E-state index in [1.54, 1.807) is 6.08 Å². The summed E-state index contributed by atoms with van der Waals surface area (Å²) in [6.07, 6.45) is 3.74. The Bertz CT molecular complexity index is 821. The van der Waals surface area contributed by atoms with Crippen LogP contribution < -0.4 is 0 Å². The number of hydrogen-bond donors (Lipinski definition) is 0. The molecule has 0 aromatic heterocycles. The average Bonchev–Trinajstić information content (AvgIpc) is 2.84. The normalized spacial score (nSPS) is 31.9. The predicted molar refractivity (Wildman–Crippen MR) is 131 cm³/mol. The molecule has 1 aliphatic heterocycles. The Morgan fingerprint density at radius 3 is 2.38 bits per heavy atom. The van der Waals surface area contributed by atoms with Gasteiger partial charge in [-0.2, -0.15) is 0 Å². The first kappa shape index (κ1) is 26.7. The number of ether oxygens (including phenoxy) is 2. The molecule has 1 heterocycles. The van der Waals surface area contributed by atoms with E-state index in [9.17, 15) is 9.59 Å². The third-order valence-corrected chi connectivity index (χ3v) is 12.4. The summed E-state index contributed by atoms with van der Waals surface area (Å²) < 4.78 is 18.9. The van der Waals surface area contributed by atoms with Crippen molar-refractivity contribution in [3.05, 3.63) is 36.5 Å². The second kappa shape index (κ2) is 9.03. The van der Waals surface area contributed by atoms with Crippen LogP contribution in [-0.2, 0) is 23.5 Å². The first-order valence-electron chi connectivity index (χ1n) is 11.5. The van der Waals surface area contributed by atoms with Crippen LogP contribution in [0.2, 0.25) is 18.1 Å². The maximum absolute atomic E-state index is 14.2. The molecule has 0 aromatic carbocycles. The van der Waals surface area contributed by atoms with Crippen molar-refractivity contribution < 1.29 is 23.5 Å². The Balaban J connectivity index is 2.55. The van der Waals surface area contributed by atoms with E-state index in [0.29, 0.717) is 12.8 Å². The fourth-order valence-electron chi connectivity index (χ4n) is 4.75. The Hall–Kier alpha value is -1.50. The number of Topliss-reactive ketones (excluding diaryl/α,β-unsaturated/α-hetero) is 1. The molecule has 0 aromatic rings. The van der Waals surface area contributed by atoms with Crippen LogP contribution in [0.4, 0.5) is 0 Å². The predicted octanol–water partition coefficient (Wildman–Crippen LogP) is 5.77. The minimum atomic E-state index is -2.15. The summed E-state index contributed by atoms with van der Waals surface area (Å²) in [4.78, 5) is 26.2. The summed E-state index contributed by atoms with van der Waals surface area (Å²) in [6.45, 7) is 26.3. The van der Waals surface area contributed by atoms with E-state index in [0.717, 1.165) is 11.1 Å². The summed E-state index contributed by atoms with van der Waals surface area (Å²) in [5, 5.41) is 0.00551. The van der Waals surface area contributed by atoms with Gasteiger partial charge >= 0.3 is 5.97 Å². The highest BCUT2D eigenvalue weighted by Crippen LogP contribution is 2.57. The Morgan fingerprint density at radius 2 is 1.91 bits per heavy atom. The molecule has 0 spiro atoms. The summed E-state index contributed by atoms with van der Waals surface area (Å²) >= 11 is 0. The molecule has 1 saturated heterocycles. The lowest BCUT2D eigenvalue weighted by atomic mass is 9.57. The number of carbonyl (C=O) groups is 2. The number of esters is 1. The first-order valence-corrected chi connectivity index (χ1v) is 14.4. The number of rotatable bonds is 8. The van der Waals surface area contributed by atoms with Gasteiger partial charge < -0.3 is 13.9 Å². The molecule has 1 saturated carbocycles. The summed E-state index contributed by atoms with van der Waals surface area (Å²) in [7, 11) is -2.15. The lowest BCUT2D eigenvalue weighted by Gasteiger charge is -2.50. The minimum absolute atomic E-state index is 0.00551. The van der Waals surface area contributed by atoms with Gasteiger partial charge in [0.05, 0.1) is 18.1 Å². The Labute approximate surface area is 195 Å². The van der Waals surface area contributed by atoms with Crippen molar-refractivity contribution in [2.24, 2.45) is 11.3 Å². The zero-order valence-electron chi connectivity index (χ0n) is 21.5. The topological polar surface area (TPSA) is 61.8 Å². The second-order valence-corrected chi connectivity index (χ2v) is 16.0. The Kier molecular flexibility index (Phi) is 7.55. The second-order valence-electron chi connectivity index (χ2n) is 11.3. The molecule has 5 atom stereocenters. The van der Waals surface area contributed by atoms with Gasteiger partial charge in [-0.25, -0.2) is 0 Å². The first-order chi connectivity index (χ1) is 14.5. The molecule has 0 unspecified atom stereocenters. The van der Waals surface area contributed by atoms with Crippen LogP contribution in [0.1, 0.15) is 61.3 Å². The van der Waals surface area contributed by atoms with Gasteiger partial charge in [0.2, 0.25) is 0 Å². The minimum Gasteiger partial charge on any atom is -0.461 e. The van der Waals surface area contributed by atoms with Crippen molar-refractivity contribution in [3.63, 3.8) is 0 Å². The van der Waals surface area contributed by atoms with E-state index in [1.165, 1.54) is 6.92 Å². The van der Waals surface area contributed by atoms with E-state index in [2.05, 4.69) is 47.0 Å². The van der Waals surface area contributed by atoms with Gasteiger partial charge in [-0.1, -0.05) is 57.2 Å². The fraction of sp³-hybridized carbons (Fsp3) is 0.692. The molecule has 2 aliphatic rings. The molecule has 0 N–H and O–H groups in total. The van der Waals surface area contributed by atoms with Crippen LogP contribution in [-0.4, -0.2) is 44.5 Å². The molecule has 5 nitrogen and oxygen atoms in total. The van der Waals surface area contributed by atoms with Gasteiger partial charge in [0.15, 0.2) is 14.1 Å². The van der Waals surface area contributed by atoms with Crippen molar-refractivity contribution in [1.82, 2.24) is 0 Å². The number of fused-ring (bicyclic) bond motifs is 2. The van der Waals surface area contributed by atoms with Gasteiger partial charge in [0.1, 0.15) is 11.7 Å². The zero-order valence-corrected chi connectivity index (χ0v) is 22.5. The molecule has 0 radical (unpaired) electrons. The molecule has 180 valence electrons. The lowest BCUT2D eigenvalue weighted by Crippen LogP contribution is -2.63. The maximum Gasteiger partial charge on any atom is 0.302 e. The standard InChI is InChI=1S/C26H42O5Si/c1-12-18(4)13-14-21(30-19(5)27)26-16-29-25(9,23(26)28)22(15-20(26)17(2)3)31-32(10,11)24(6,7)8/h12-13,20-22H,1-2,14-16H2,3-11H3/b18-13+/t20-,21+,22+,25-,26-/m1/s1. The third-order valence-electron chi connectivity index (χ3n) is 7.87. The average molecular weight is 463 g/mol. The zero-order chi connectivity index (χ0) is 24.7. The van der Waals surface area contributed by atoms with Gasteiger partial charge in [-0.05, 0) is 45.3 Å². The van der Waals surface area contributed by atoms with Gasteiger partial charge in [0.25, 0.3) is 0 Å². The number of allylic oxidation sites excluding steroid dienone is 3. The van der Waals surface area contributed by atoms with Gasteiger partial charge in [-0.15, -0.1) is 0 Å². The van der Waals surface area contributed by atoms with E-state index in [4.69, 9.17) is 13.9 Å². The molecule has 1 aliphatic carbocycles. The van der Waals surface area contributed by atoms with Gasteiger partial charge in [-0.3, -0.25) is 9.59 Å². The molecule has 2 rings (SSSR count). The monoisotopic (exact) mass is 462 g/mol. The molecule has 2 bridgehead atoms. The Morgan fingerprint density at radius 1 is 1.31 bits per heavy atom. The molecule has 32 heavy (non-hydrogen) atoms. The van der Waals surface area contributed by atoms with E-state index in [1.807, 2.05) is 26.8 Å². The molecular formula is C26H42O5Si. The van der Waals surface area contributed by atoms with Crippen LogP contribution in [0, 0.1) is 11.3 Å². The van der Waals surface area contributed by atoms with Crippen LogP contribution >= 0.6 is 0 Å². The van der Waals surface area contributed by atoms with Gasteiger partial charge in [0, 0.05) is 19.3 Å². The van der Waals surface area contributed by atoms with E-state index < -0.39 is 31.4 Å². The summed E-state index contributed by atoms with van der Waals surface area (Å²) in [6, 6.07) is 0. The molecular weight excluding hydrogens is 420 g/mol. The van der Waals surface area contributed by atoms with Crippen LogP contribution in [0.25, 0.3) is 0 Å². The maximum atomic E-state index is 14.2. The summed E-state index contributed by atoms with van der Waals surface area (Å²) in [5.41, 5.74) is -0.194. The smallest absolute Gasteiger partial charge is 0.302 e. The molecule has 6 heteroatoms. The number of hydrogen-bond acceptors (Lipinski definition) is 5. The van der Waals surface area contributed by atoms with Crippen LogP contribution in [0.3, 0.4) is 0 Å². The third kappa shape index (κ3) is 4.59. The lowest BCUT2D eigenvalue weighted by molar-refractivity contribution is -0.165. The SMILES string of the molecule is C=C/C(C)=C/C[C@H](OC(C)=O)[C@]12CO[C@@](C)(C1=O)[C@@H](O[Si](C)(C)C(C)(C)C)C[C@@H]2C(=C)C. The quantitative estimate of drug-likeness (QED) is 0.198. The highest BCUT2D eigenvalue weighted by atomic mass is 28.4. The molecule has 0 amide bonds. The highest BCUT2D eigenvalue weighted by molar-refractivity contribution is 6.74. The molecule has 2 fully saturated rings. The largest absolute Gasteiger partial charge is 0.461 e. The fourth-order valence-corrected chi connectivity index (χ4v) is 6.13. The highest BCUT2D eigenvalue weighted by Gasteiger charge is 2.70. The van der Waals surface area contributed by atoms with Crippen molar-refractivity contribution in [2.75, 3.05) is 6.61 Å². The summed E-state index contributed by atoms with van der Waals surface area (Å²) in [5.74, 6) is -0.651. The van der Waals surface area contributed by atoms with E-state index >= 15 is 0 Å². The van der Waals surface area contributed by atoms with E-state index in [-0.39, 0.29) is 29.5 Å². The number of carbonyl (C=O) groups excluding carboxylic acids is 2. The van der Waals surface area contributed by atoms with Crippen molar-refractivity contribution in [2.45, 2.75) is 97.2 Å². The van der Waals surface area contributed by atoms with Crippen molar-refractivity contribution in [1.29, 1.82) is 0 Å². The van der Waals surface area contributed by atoms with Crippen LogP contribution in [0.5, 0.6) is 0 Å². The number of ketones is 1. The van der Waals surface area contributed by atoms with Crippen molar-refractivity contribution >= 4 is 20.1 Å². The van der Waals surface area contributed by atoms with Crippen molar-refractivity contribution in [3.8, 4) is 0 Å². The van der Waals surface area contributed by atoms with Crippen LogP contribution in [0.15, 0.2) is 36.5 Å².